The Morgan fingerprint density at radius 1 is 1.37 bits per heavy atom. The molecule has 0 spiro atoms. The van der Waals surface area contributed by atoms with Crippen molar-refractivity contribution in [3.05, 3.63) is 23.8 Å². The van der Waals surface area contributed by atoms with Crippen molar-refractivity contribution < 1.29 is 9.90 Å². The fourth-order valence-corrected chi connectivity index (χ4v) is 3.72. The summed E-state index contributed by atoms with van der Waals surface area (Å²) in [6.07, 6.45) is 5.53. The predicted octanol–water partition coefficient (Wildman–Crippen LogP) is 2.82. The molecule has 1 aromatic carbocycles. The first-order valence-electron chi connectivity index (χ1n) is 7.00. The highest BCUT2D eigenvalue weighted by atomic mass is 16.4. The molecule has 2 saturated carbocycles. The van der Waals surface area contributed by atoms with Gasteiger partial charge in [-0.1, -0.05) is 6.42 Å². The van der Waals surface area contributed by atoms with E-state index in [0.717, 1.165) is 30.0 Å². The number of benzene rings is 1. The molecule has 2 fully saturated rings. The first kappa shape index (κ1) is 12.3. The fourth-order valence-electron chi connectivity index (χ4n) is 3.72. The molecule has 19 heavy (non-hydrogen) atoms. The third kappa shape index (κ3) is 2.39. The van der Waals surface area contributed by atoms with Crippen LogP contribution in [0.2, 0.25) is 0 Å². The van der Waals surface area contributed by atoms with Gasteiger partial charge in [0.05, 0.1) is 16.9 Å². The number of rotatable bonds is 4. The van der Waals surface area contributed by atoms with Crippen LogP contribution < -0.4 is 11.1 Å². The normalized spacial score (nSPS) is 28.5. The summed E-state index contributed by atoms with van der Waals surface area (Å²) in [5.74, 6) is 1.66. The number of hydrogen-bond acceptors (Lipinski definition) is 3. The maximum Gasteiger partial charge on any atom is 0.335 e. The number of hydrogen-bond donors (Lipinski definition) is 3. The zero-order valence-electron chi connectivity index (χ0n) is 10.9. The topological polar surface area (TPSA) is 75.4 Å². The molecule has 4 heteroatoms. The number of carboxylic acids is 1. The van der Waals surface area contributed by atoms with E-state index >= 15 is 0 Å². The molecule has 0 aromatic heterocycles. The number of nitrogens with one attached hydrogen (secondary N) is 1. The van der Waals surface area contributed by atoms with Crippen molar-refractivity contribution in [3.8, 4) is 0 Å². The van der Waals surface area contributed by atoms with E-state index in [4.69, 9.17) is 10.8 Å². The molecule has 3 unspecified atom stereocenters. The van der Waals surface area contributed by atoms with Crippen molar-refractivity contribution in [2.24, 2.45) is 17.8 Å². The van der Waals surface area contributed by atoms with Crippen LogP contribution in [-0.4, -0.2) is 17.6 Å². The third-order valence-corrected chi connectivity index (χ3v) is 4.74. The fraction of sp³-hybridized carbons (Fsp3) is 0.533. The van der Waals surface area contributed by atoms with Crippen molar-refractivity contribution in [3.63, 3.8) is 0 Å². The zero-order chi connectivity index (χ0) is 13.4. The second-order valence-electron chi connectivity index (χ2n) is 5.92. The number of fused-ring (bicyclic) bond motifs is 2. The molecule has 0 saturated heterocycles. The molecule has 4 nitrogen and oxygen atoms in total. The highest BCUT2D eigenvalue weighted by Gasteiger charge is 2.39. The predicted molar refractivity (Wildman–Crippen MR) is 75.2 cm³/mol. The van der Waals surface area contributed by atoms with Gasteiger partial charge in [-0.2, -0.15) is 0 Å². The summed E-state index contributed by atoms with van der Waals surface area (Å²) in [7, 11) is 0. The minimum Gasteiger partial charge on any atom is -0.478 e. The molecule has 102 valence electrons. The lowest BCUT2D eigenvalue weighted by Gasteiger charge is -2.22. The van der Waals surface area contributed by atoms with Crippen LogP contribution in [0.25, 0.3) is 0 Å². The average molecular weight is 260 g/mol. The van der Waals surface area contributed by atoms with E-state index in [9.17, 15) is 4.79 Å². The molecule has 2 aliphatic carbocycles. The van der Waals surface area contributed by atoms with Gasteiger partial charge in [0.15, 0.2) is 0 Å². The first-order chi connectivity index (χ1) is 9.13. The summed E-state index contributed by atoms with van der Waals surface area (Å²) < 4.78 is 0. The van der Waals surface area contributed by atoms with E-state index in [-0.39, 0.29) is 5.56 Å². The first-order valence-corrected chi connectivity index (χ1v) is 7.00. The standard InChI is InChI=1S/C15H20N2O2/c16-13-7-11(15(18)19)3-4-14(13)17-8-12-6-9-1-2-10(12)5-9/h3-4,7,9-10,12,17H,1-2,5-6,8,16H2,(H,18,19). The minimum absolute atomic E-state index is 0.239. The van der Waals surface area contributed by atoms with Crippen LogP contribution in [0.1, 0.15) is 36.0 Å². The van der Waals surface area contributed by atoms with Crippen molar-refractivity contribution >= 4 is 17.3 Å². The molecule has 0 radical (unpaired) electrons. The van der Waals surface area contributed by atoms with Crippen molar-refractivity contribution in [2.45, 2.75) is 25.7 Å². The summed E-state index contributed by atoms with van der Waals surface area (Å²) in [6.45, 7) is 0.956. The lowest BCUT2D eigenvalue weighted by molar-refractivity contribution is 0.0697. The average Bonchev–Trinajstić information content (AvgIpc) is 2.99. The molecule has 0 heterocycles. The number of nitrogen functional groups attached to an aromatic ring is 1. The molecule has 3 rings (SSSR count). The summed E-state index contributed by atoms with van der Waals surface area (Å²) in [4.78, 5) is 10.8. The lowest BCUT2D eigenvalue weighted by Crippen LogP contribution is -2.20. The van der Waals surface area contributed by atoms with Gasteiger partial charge in [-0.15, -0.1) is 0 Å². The van der Waals surface area contributed by atoms with E-state index in [1.807, 2.05) is 0 Å². The molecule has 2 aliphatic rings. The minimum atomic E-state index is -0.939. The van der Waals surface area contributed by atoms with Gasteiger partial charge in [-0.05, 0) is 55.2 Å². The van der Waals surface area contributed by atoms with Gasteiger partial charge in [-0.3, -0.25) is 0 Å². The van der Waals surface area contributed by atoms with E-state index in [2.05, 4.69) is 5.32 Å². The molecular formula is C15H20N2O2. The number of anilines is 2. The second-order valence-corrected chi connectivity index (χ2v) is 5.92. The van der Waals surface area contributed by atoms with Crippen molar-refractivity contribution in [1.29, 1.82) is 0 Å². The molecule has 3 atom stereocenters. The Kier molecular flexibility index (Phi) is 3.09. The van der Waals surface area contributed by atoms with E-state index in [1.54, 1.807) is 12.1 Å². The monoisotopic (exact) mass is 260 g/mol. The van der Waals surface area contributed by atoms with Crippen molar-refractivity contribution in [2.75, 3.05) is 17.6 Å². The Hall–Kier alpha value is -1.71. The molecule has 0 aliphatic heterocycles. The Morgan fingerprint density at radius 2 is 2.21 bits per heavy atom. The molecule has 0 amide bonds. The summed E-state index contributed by atoms with van der Waals surface area (Å²) in [5.41, 5.74) is 7.50. The van der Waals surface area contributed by atoms with Gasteiger partial charge in [0.1, 0.15) is 0 Å². The number of nitrogens with two attached hydrogens (primary N) is 1. The van der Waals surface area contributed by atoms with Crippen LogP contribution in [0.4, 0.5) is 11.4 Å². The SMILES string of the molecule is Nc1cc(C(=O)O)ccc1NCC1CC2CCC1C2. The zero-order valence-corrected chi connectivity index (χ0v) is 10.9. The smallest absolute Gasteiger partial charge is 0.335 e. The van der Waals surface area contributed by atoms with Gasteiger partial charge in [0, 0.05) is 6.54 Å². The Morgan fingerprint density at radius 3 is 2.79 bits per heavy atom. The maximum absolute atomic E-state index is 10.8. The summed E-state index contributed by atoms with van der Waals surface area (Å²) in [6, 6.07) is 4.89. The van der Waals surface area contributed by atoms with E-state index in [0.29, 0.717) is 5.69 Å². The van der Waals surface area contributed by atoms with E-state index in [1.165, 1.54) is 31.7 Å². The number of carboxylic acid groups (broad SMARTS) is 1. The third-order valence-electron chi connectivity index (χ3n) is 4.74. The number of aromatic carboxylic acids is 1. The quantitative estimate of drug-likeness (QED) is 0.728. The highest BCUT2D eigenvalue weighted by Crippen LogP contribution is 2.48. The van der Waals surface area contributed by atoms with Gasteiger partial charge in [0.2, 0.25) is 0 Å². The van der Waals surface area contributed by atoms with Crippen LogP contribution in [0.15, 0.2) is 18.2 Å². The largest absolute Gasteiger partial charge is 0.478 e. The molecular weight excluding hydrogens is 240 g/mol. The van der Waals surface area contributed by atoms with Crippen molar-refractivity contribution in [1.82, 2.24) is 0 Å². The molecule has 4 N–H and O–H groups in total. The van der Waals surface area contributed by atoms with Crippen LogP contribution >= 0.6 is 0 Å². The van der Waals surface area contributed by atoms with Gasteiger partial charge in [0.25, 0.3) is 0 Å². The van der Waals surface area contributed by atoms with Gasteiger partial charge < -0.3 is 16.2 Å². The highest BCUT2D eigenvalue weighted by molar-refractivity contribution is 5.90. The summed E-state index contributed by atoms with van der Waals surface area (Å²) in [5, 5.41) is 12.3. The van der Waals surface area contributed by atoms with Crippen LogP contribution in [0, 0.1) is 17.8 Å². The number of carbonyl (C=O) groups is 1. The van der Waals surface area contributed by atoms with Crippen LogP contribution in [-0.2, 0) is 0 Å². The second kappa shape index (κ2) is 4.76. The molecule has 1 aromatic rings. The van der Waals surface area contributed by atoms with Gasteiger partial charge >= 0.3 is 5.97 Å². The summed E-state index contributed by atoms with van der Waals surface area (Å²) >= 11 is 0. The van der Waals surface area contributed by atoms with Gasteiger partial charge in [-0.25, -0.2) is 4.79 Å². The molecule has 2 bridgehead atoms. The lowest BCUT2D eigenvalue weighted by atomic mass is 9.89. The van der Waals surface area contributed by atoms with Crippen LogP contribution in [0.3, 0.4) is 0 Å². The van der Waals surface area contributed by atoms with E-state index < -0.39 is 5.97 Å². The Bertz CT molecular complexity index is 501. The Balaban J connectivity index is 1.62. The Labute approximate surface area is 113 Å². The van der Waals surface area contributed by atoms with Crippen LogP contribution in [0.5, 0.6) is 0 Å². The maximum atomic E-state index is 10.8.